The van der Waals surface area contributed by atoms with E-state index in [4.69, 9.17) is 22.1 Å². The fourth-order valence-corrected chi connectivity index (χ4v) is 1.49. The fraction of sp³-hybridized carbons (Fsp3) is 0.300. The highest BCUT2D eigenvalue weighted by molar-refractivity contribution is 6.28. The van der Waals surface area contributed by atoms with Gasteiger partial charge in [0.25, 0.3) is 0 Å². The van der Waals surface area contributed by atoms with E-state index in [1.165, 1.54) is 0 Å². The van der Waals surface area contributed by atoms with Crippen LogP contribution in [0.5, 0.6) is 11.6 Å². The molecular weight excluding hydrogens is 242 g/mol. The molecule has 0 saturated heterocycles. The Morgan fingerprint density at radius 3 is 2.88 bits per heavy atom. The van der Waals surface area contributed by atoms with Crippen molar-refractivity contribution in [3.05, 3.63) is 23.4 Å². The SMILES string of the molecule is CCn1cc(Oc2nc(Cl)nc(C)c2N)cn1. The molecule has 0 aliphatic rings. The van der Waals surface area contributed by atoms with E-state index in [0.717, 1.165) is 6.54 Å². The van der Waals surface area contributed by atoms with Crippen LogP contribution in [0, 0.1) is 6.92 Å². The van der Waals surface area contributed by atoms with Crippen molar-refractivity contribution in [3.63, 3.8) is 0 Å². The van der Waals surface area contributed by atoms with E-state index < -0.39 is 0 Å². The number of nitrogens with two attached hydrogens (primary N) is 1. The van der Waals surface area contributed by atoms with Crippen LogP contribution in [0.4, 0.5) is 5.69 Å². The predicted molar refractivity (Wildman–Crippen MR) is 64.2 cm³/mol. The second-order valence-electron chi connectivity index (χ2n) is 3.43. The standard InChI is InChI=1S/C10H12ClN5O/c1-3-16-5-7(4-13-16)17-9-8(12)6(2)14-10(11)15-9/h4-5H,3,12H2,1-2H3. The van der Waals surface area contributed by atoms with Crippen molar-refractivity contribution >= 4 is 17.3 Å². The number of anilines is 1. The molecule has 0 aromatic carbocycles. The maximum atomic E-state index is 5.80. The van der Waals surface area contributed by atoms with E-state index in [9.17, 15) is 0 Å². The van der Waals surface area contributed by atoms with Crippen molar-refractivity contribution in [2.24, 2.45) is 0 Å². The summed E-state index contributed by atoms with van der Waals surface area (Å²) in [7, 11) is 0. The largest absolute Gasteiger partial charge is 0.434 e. The Labute approximate surface area is 103 Å². The first kappa shape index (κ1) is 11.7. The van der Waals surface area contributed by atoms with Gasteiger partial charge in [-0.3, -0.25) is 4.68 Å². The van der Waals surface area contributed by atoms with E-state index in [1.807, 2.05) is 6.92 Å². The summed E-state index contributed by atoms with van der Waals surface area (Å²) in [6.45, 7) is 4.49. The van der Waals surface area contributed by atoms with Crippen LogP contribution in [-0.2, 0) is 6.54 Å². The zero-order valence-corrected chi connectivity index (χ0v) is 10.3. The van der Waals surface area contributed by atoms with Crippen LogP contribution in [0.15, 0.2) is 12.4 Å². The van der Waals surface area contributed by atoms with Crippen molar-refractivity contribution in [1.29, 1.82) is 0 Å². The van der Waals surface area contributed by atoms with Crippen LogP contribution in [0.25, 0.3) is 0 Å². The third-order valence-electron chi connectivity index (χ3n) is 2.22. The minimum absolute atomic E-state index is 0.106. The maximum Gasteiger partial charge on any atom is 0.247 e. The summed E-state index contributed by atoms with van der Waals surface area (Å²) in [5, 5.41) is 4.19. The summed E-state index contributed by atoms with van der Waals surface area (Å²) in [6.07, 6.45) is 3.35. The molecule has 0 saturated carbocycles. The lowest BCUT2D eigenvalue weighted by Gasteiger charge is -2.07. The average Bonchev–Trinajstić information content (AvgIpc) is 2.73. The van der Waals surface area contributed by atoms with Gasteiger partial charge in [0.2, 0.25) is 11.2 Å². The first-order valence-corrected chi connectivity index (χ1v) is 5.48. The topological polar surface area (TPSA) is 78.8 Å². The summed E-state index contributed by atoms with van der Waals surface area (Å²) in [4.78, 5) is 7.86. The van der Waals surface area contributed by atoms with Gasteiger partial charge in [0.05, 0.1) is 18.1 Å². The van der Waals surface area contributed by atoms with Gasteiger partial charge in [0.15, 0.2) is 5.75 Å². The van der Waals surface area contributed by atoms with Crippen LogP contribution < -0.4 is 10.5 Å². The van der Waals surface area contributed by atoms with Gasteiger partial charge in [-0.2, -0.15) is 10.1 Å². The molecule has 0 aliphatic carbocycles. The molecule has 0 unspecified atom stereocenters. The molecule has 0 fully saturated rings. The van der Waals surface area contributed by atoms with Gasteiger partial charge < -0.3 is 10.5 Å². The lowest BCUT2D eigenvalue weighted by Crippen LogP contribution is -2.00. The van der Waals surface area contributed by atoms with Crippen molar-refractivity contribution < 1.29 is 4.74 Å². The second-order valence-corrected chi connectivity index (χ2v) is 3.77. The lowest BCUT2D eigenvalue weighted by molar-refractivity contribution is 0.462. The zero-order valence-electron chi connectivity index (χ0n) is 9.51. The summed E-state index contributed by atoms with van der Waals surface area (Å²) in [5.41, 5.74) is 6.76. The molecule has 0 aliphatic heterocycles. The highest BCUT2D eigenvalue weighted by Gasteiger charge is 2.10. The Hall–Kier alpha value is -1.82. The number of rotatable bonds is 3. The summed E-state index contributed by atoms with van der Waals surface area (Å²) < 4.78 is 7.25. The molecule has 0 amide bonds. The Morgan fingerprint density at radius 1 is 1.47 bits per heavy atom. The summed E-state index contributed by atoms with van der Waals surface area (Å²) in [5.74, 6) is 0.811. The number of ether oxygens (including phenoxy) is 1. The Bertz CT molecular complexity index is 539. The molecule has 0 bridgehead atoms. The smallest absolute Gasteiger partial charge is 0.247 e. The molecule has 0 spiro atoms. The molecule has 7 heteroatoms. The van der Waals surface area contributed by atoms with Crippen LogP contribution in [-0.4, -0.2) is 19.7 Å². The normalized spacial score (nSPS) is 10.5. The molecule has 90 valence electrons. The molecule has 0 radical (unpaired) electrons. The summed E-state index contributed by atoms with van der Waals surface area (Å²) in [6, 6.07) is 0. The number of nitrogens with zero attached hydrogens (tertiary/aromatic N) is 4. The van der Waals surface area contributed by atoms with Gasteiger partial charge in [0, 0.05) is 6.54 Å². The van der Waals surface area contributed by atoms with Gasteiger partial charge in [-0.25, -0.2) is 4.98 Å². The highest BCUT2D eigenvalue weighted by atomic mass is 35.5. The predicted octanol–water partition coefficient (Wildman–Crippen LogP) is 2.03. The van der Waals surface area contributed by atoms with E-state index in [1.54, 1.807) is 24.0 Å². The molecule has 0 atom stereocenters. The molecule has 2 rings (SSSR count). The van der Waals surface area contributed by atoms with Crippen molar-refractivity contribution in [2.45, 2.75) is 20.4 Å². The van der Waals surface area contributed by atoms with E-state index in [0.29, 0.717) is 17.1 Å². The van der Waals surface area contributed by atoms with Gasteiger partial charge >= 0.3 is 0 Å². The molecule has 2 N–H and O–H groups in total. The Morgan fingerprint density at radius 2 is 2.24 bits per heavy atom. The quantitative estimate of drug-likeness (QED) is 0.847. The molecule has 2 aromatic rings. The van der Waals surface area contributed by atoms with Gasteiger partial charge in [-0.1, -0.05) is 0 Å². The van der Waals surface area contributed by atoms with Gasteiger partial charge in [-0.05, 0) is 25.4 Å². The van der Waals surface area contributed by atoms with E-state index in [2.05, 4.69) is 15.1 Å². The van der Waals surface area contributed by atoms with Crippen LogP contribution in [0.3, 0.4) is 0 Å². The first-order valence-electron chi connectivity index (χ1n) is 5.10. The van der Waals surface area contributed by atoms with Gasteiger partial charge in [0.1, 0.15) is 5.69 Å². The van der Waals surface area contributed by atoms with Crippen LogP contribution in [0.2, 0.25) is 5.28 Å². The van der Waals surface area contributed by atoms with Gasteiger partial charge in [-0.15, -0.1) is 0 Å². The number of hydrogen-bond acceptors (Lipinski definition) is 5. The fourth-order valence-electron chi connectivity index (χ4n) is 1.28. The molecule has 6 nitrogen and oxygen atoms in total. The number of nitrogen functional groups attached to an aromatic ring is 1. The molecular formula is C10H12ClN5O. The lowest BCUT2D eigenvalue weighted by atomic mass is 10.4. The number of hydrogen-bond donors (Lipinski definition) is 1. The minimum atomic E-state index is 0.106. The van der Waals surface area contributed by atoms with Crippen LogP contribution in [0.1, 0.15) is 12.6 Å². The first-order chi connectivity index (χ1) is 8.10. The minimum Gasteiger partial charge on any atom is -0.434 e. The Kier molecular flexibility index (Phi) is 3.14. The van der Waals surface area contributed by atoms with Crippen molar-refractivity contribution in [1.82, 2.24) is 19.7 Å². The molecule has 2 heterocycles. The van der Waals surface area contributed by atoms with E-state index in [-0.39, 0.29) is 11.2 Å². The monoisotopic (exact) mass is 253 g/mol. The van der Waals surface area contributed by atoms with E-state index >= 15 is 0 Å². The van der Waals surface area contributed by atoms with Crippen molar-refractivity contribution in [2.75, 3.05) is 5.73 Å². The second kappa shape index (κ2) is 4.58. The van der Waals surface area contributed by atoms with Crippen molar-refractivity contribution in [3.8, 4) is 11.6 Å². The molecule has 17 heavy (non-hydrogen) atoms. The average molecular weight is 254 g/mol. The maximum absolute atomic E-state index is 5.80. The third kappa shape index (κ3) is 2.47. The molecule has 2 aromatic heterocycles. The zero-order chi connectivity index (χ0) is 12.4. The summed E-state index contributed by atoms with van der Waals surface area (Å²) >= 11 is 5.74. The Balaban J connectivity index is 2.29. The number of aryl methyl sites for hydroxylation is 2. The van der Waals surface area contributed by atoms with Crippen LogP contribution >= 0.6 is 11.6 Å². The highest BCUT2D eigenvalue weighted by Crippen LogP contribution is 2.27. The number of halogens is 1. The number of aromatic nitrogens is 4. The third-order valence-corrected chi connectivity index (χ3v) is 2.39.